The summed E-state index contributed by atoms with van der Waals surface area (Å²) in [4.78, 5) is 0.531. The molecule has 0 amide bonds. The Kier molecular flexibility index (Phi) is 5.54. The van der Waals surface area contributed by atoms with E-state index in [1.54, 1.807) is 0 Å². The predicted molar refractivity (Wildman–Crippen MR) is 47.1 cm³/mol. The van der Waals surface area contributed by atoms with E-state index in [1.807, 2.05) is 6.92 Å². The van der Waals surface area contributed by atoms with E-state index in [4.69, 9.17) is 10.5 Å². The maximum atomic E-state index is 5.33. The van der Waals surface area contributed by atoms with Crippen molar-refractivity contribution in [3.63, 3.8) is 0 Å². The van der Waals surface area contributed by atoms with Gasteiger partial charge in [-0.1, -0.05) is 19.1 Å². The van der Waals surface area contributed by atoms with Gasteiger partial charge in [0.2, 0.25) is 0 Å². The van der Waals surface area contributed by atoms with Crippen LogP contribution in [0.1, 0.15) is 26.7 Å². The Bertz CT molecular complexity index is 106. The Balaban J connectivity index is 3.11. The van der Waals surface area contributed by atoms with Crippen LogP contribution in [0.25, 0.3) is 0 Å². The normalized spacial score (nSPS) is 13.0. The van der Waals surface area contributed by atoms with E-state index in [2.05, 4.69) is 19.1 Å². The largest absolute Gasteiger partial charge is 0.393 e. The average Bonchev–Trinajstić information content (AvgIpc) is 1.87. The molecule has 0 aromatic heterocycles. The molecule has 3 heteroatoms. The molecule has 0 aliphatic rings. The lowest BCUT2D eigenvalue weighted by atomic mass is 10.3. The Hall–Kier alpha value is -0.150. The molecule has 0 radical (unpaired) electrons. The Morgan fingerprint density at radius 3 is 2.70 bits per heavy atom. The van der Waals surface area contributed by atoms with Gasteiger partial charge in [-0.2, -0.15) is 0 Å². The molecule has 1 atom stereocenters. The maximum Gasteiger partial charge on any atom is 0.0750 e. The lowest BCUT2D eigenvalue weighted by Gasteiger charge is -2.08. The van der Waals surface area contributed by atoms with Gasteiger partial charge in [0.15, 0.2) is 0 Å². The van der Waals surface area contributed by atoms with Gasteiger partial charge in [-0.25, -0.2) is 0 Å². The molecule has 0 aliphatic heterocycles. The Morgan fingerprint density at radius 1 is 1.70 bits per heavy atom. The van der Waals surface area contributed by atoms with E-state index in [0.717, 1.165) is 6.42 Å². The molecule has 2 nitrogen and oxygen atoms in total. The van der Waals surface area contributed by atoms with Crippen LogP contribution in [0.2, 0.25) is 0 Å². The van der Waals surface area contributed by atoms with Gasteiger partial charge in [-0.3, -0.25) is 0 Å². The fraction of sp³-hybridized carbons (Fsp3) is 0.857. The summed E-state index contributed by atoms with van der Waals surface area (Å²) in [5.41, 5.74) is 5.27. The minimum Gasteiger partial charge on any atom is -0.393 e. The van der Waals surface area contributed by atoms with Crippen molar-refractivity contribution in [3.05, 3.63) is 0 Å². The number of ether oxygens (including phenoxy) is 1. The van der Waals surface area contributed by atoms with Crippen molar-refractivity contribution in [2.75, 3.05) is 6.61 Å². The second kappa shape index (κ2) is 5.62. The standard InChI is InChI=1S/C7H15NOS/c1-3-6(2)9-5-4-7(8)10/h6H,3-5H2,1-2H3,(H2,8,10). The highest BCUT2D eigenvalue weighted by molar-refractivity contribution is 7.80. The first-order chi connectivity index (χ1) is 4.66. The van der Waals surface area contributed by atoms with Crippen molar-refractivity contribution in [2.24, 2.45) is 5.73 Å². The van der Waals surface area contributed by atoms with Crippen molar-refractivity contribution < 1.29 is 4.74 Å². The van der Waals surface area contributed by atoms with E-state index >= 15 is 0 Å². The van der Waals surface area contributed by atoms with E-state index in [9.17, 15) is 0 Å². The first-order valence-corrected chi connectivity index (χ1v) is 3.97. The first kappa shape index (κ1) is 9.85. The van der Waals surface area contributed by atoms with Gasteiger partial charge in [0, 0.05) is 6.42 Å². The van der Waals surface area contributed by atoms with Crippen molar-refractivity contribution in [2.45, 2.75) is 32.8 Å². The summed E-state index contributed by atoms with van der Waals surface area (Å²) in [6, 6.07) is 0. The molecular formula is C7H15NOS. The molecule has 0 saturated carbocycles. The fourth-order valence-electron chi connectivity index (χ4n) is 0.479. The minimum absolute atomic E-state index is 0.328. The number of thiocarbonyl (C=S) groups is 1. The maximum absolute atomic E-state index is 5.33. The van der Waals surface area contributed by atoms with Gasteiger partial charge in [0.05, 0.1) is 17.7 Å². The summed E-state index contributed by atoms with van der Waals surface area (Å²) >= 11 is 4.68. The van der Waals surface area contributed by atoms with Crippen LogP contribution in [0, 0.1) is 0 Å². The van der Waals surface area contributed by atoms with Gasteiger partial charge in [-0.15, -0.1) is 0 Å². The Morgan fingerprint density at radius 2 is 2.30 bits per heavy atom. The van der Waals surface area contributed by atoms with Gasteiger partial charge in [0.1, 0.15) is 0 Å². The third-order valence-electron chi connectivity index (χ3n) is 1.33. The second-order valence-electron chi connectivity index (χ2n) is 2.31. The zero-order valence-corrected chi connectivity index (χ0v) is 7.41. The van der Waals surface area contributed by atoms with Crippen molar-refractivity contribution in [3.8, 4) is 0 Å². The summed E-state index contributed by atoms with van der Waals surface area (Å²) in [5, 5.41) is 0. The summed E-state index contributed by atoms with van der Waals surface area (Å²) in [6.07, 6.45) is 2.06. The molecular weight excluding hydrogens is 146 g/mol. The van der Waals surface area contributed by atoms with Crippen LogP contribution in [0.3, 0.4) is 0 Å². The van der Waals surface area contributed by atoms with Gasteiger partial charge < -0.3 is 10.5 Å². The molecule has 60 valence electrons. The summed E-state index contributed by atoms with van der Waals surface area (Å²) in [5.74, 6) is 0. The number of nitrogens with two attached hydrogens (primary N) is 1. The van der Waals surface area contributed by atoms with E-state index in [-0.39, 0.29) is 0 Å². The average molecular weight is 161 g/mol. The first-order valence-electron chi connectivity index (χ1n) is 3.56. The molecule has 1 unspecified atom stereocenters. The van der Waals surface area contributed by atoms with E-state index < -0.39 is 0 Å². The molecule has 0 aliphatic carbocycles. The quantitative estimate of drug-likeness (QED) is 0.620. The molecule has 0 heterocycles. The second-order valence-corrected chi connectivity index (χ2v) is 2.83. The van der Waals surface area contributed by atoms with E-state index in [1.165, 1.54) is 0 Å². The molecule has 0 saturated heterocycles. The highest BCUT2D eigenvalue weighted by atomic mass is 32.1. The molecule has 0 rings (SSSR count). The number of rotatable bonds is 5. The summed E-state index contributed by atoms with van der Waals surface area (Å²) < 4.78 is 5.33. The van der Waals surface area contributed by atoms with Crippen LogP contribution in [0.15, 0.2) is 0 Å². The zero-order chi connectivity index (χ0) is 7.98. The van der Waals surface area contributed by atoms with Crippen LogP contribution >= 0.6 is 12.2 Å². The molecule has 0 aromatic rings. The van der Waals surface area contributed by atoms with Gasteiger partial charge >= 0.3 is 0 Å². The Labute approximate surface area is 67.7 Å². The van der Waals surface area contributed by atoms with E-state index in [0.29, 0.717) is 24.1 Å². The highest BCUT2D eigenvalue weighted by Crippen LogP contribution is 1.96. The van der Waals surface area contributed by atoms with Crippen LogP contribution in [-0.4, -0.2) is 17.7 Å². The summed E-state index contributed by atoms with van der Waals surface area (Å²) in [6.45, 7) is 4.79. The molecule has 0 spiro atoms. The monoisotopic (exact) mass is 161 g/mol. The SMILES string of the molecule is CCC(C)OCCC(N)=S. The van der Waals surface area contributed by atoms with Crippen molar-refractivity contribution >= 4 is 17.2 Å². The van der Waals surface area contributed by atoms with Gasteiger partial charge in [-0.05, 0) is 13.3 Å². The zero-order valence-electron chi connectivity index (χ0n) is 6.59. The van der Waals surface area contributed by atoms with Crippen molar-refractivity contribution in [1.82, 2.24) is 0 Å². The topological polar surface area (TPSA) is 35.2 Å². The van der Waals surface area contributed by atoms with Gasteiger partial charge in [0.25, 0.3) is 0 Å². The molecule has 10 heavy (non-hydrogen) atoms. The molecule has 0 bridgehead atoms. The predicted octanol–water partition coefficient (Wildman–Crippen LogP) is 1.48. The number of hydrogen-bond donors (Lipinski definition) is 1. The molecule has 0 fully saturated rings. The molecule has 0 aromatic carbocycles. The lowest BCUT2D eigenvalue weighted by molar-refractivity contribution is 0.0690. The molecule has 2 N–H and O–H groups in total. The smallest absolute Gasteiger partial charge is 0.0750 e. The highest BCUT2D eigenvalue weighted by Gasteiger charge is 1.97. The summed E-state index contributed by atoms with van der Waals surface area (Å²) in [7, 11) is 0. The van der Waals surface area contributed by atoms with Crippen LogP contribution in [-0.2, 0) is 4.74 Å². The van der Waals surface area contributed by atoms with Crippen LogP contribution in [0.5, 0.6) is 0 Å². The lowest BCUT2D eigenvalue weighted by Crippen LogP contribution is -2.14. The minimum atomic E-state index is 0.328. The third kappa shape index (κ3) is 5.98. The fourth-order valence-corrected chi connectivity index (χ4v) is 0.562. The third-order valence-corrected chi connectivity index (χ3v) is 1.53. The van der Waals surface area contributed by atoms with Crippen LogP contribution in [0.4, 0.5) is 0 Å². The number of hydrogen-bond acceptors (Lipinski definition) is 2. The van der Waals surface area contributed by atoms with Crippen molar-refractivity contribution in [1.29, 1.82) is 0 Å². The van der Waals surface area contributed by atoms with Crippen LogP contribution < -0.4 is 5.73 Å².